The number of hydrogen-bond acceptors (Lipinski definition) is 4. The molecular formula is C15H17NO5. The van der Waals surface area contributed by atoms with Gasteiger partial charge in [0.1, 0.15) is 30.5 Å². The van der Waals surface area contributed by atoms with Crippen molar-refractivity contribution in [1.82, 2.24) is 4.90 Å². The molecule has 1 aromatic rings. The van der Waals surface area contributed by atoms with Crippen molar-refractivity contribution in [2.45, 2.75) is 18.4 Å². The van der Waals surface area contributed by atoms with E-state index >= 15 is 0 Å². The van der Waals surface area contributed by atoms with Gasteiger partial charge in [-0.15, -0.1) is 0 Å². The largest absolute Gasteiger partial charge is 0.492 e. The number of carbonyl (C=O) groups excluding carboxylic acids is 1. The van der Waals surface area contributed by atoms with Crippen molar-refractivity contribution in [3.63, 3.8) is 0 Å². The molecule has 0 aromatic heterocycles. The van der Waals surface area contributed by atoms with Gasteiger partial charge in [0.05, 0.1) is 13.1 Å². The number of benzene rings is 1. The van der Waals surface area contributed by atoms with Crippen LogP contribution in [0.4, 0.5) is 0 Å². The Morgan fingerprint density at radius 1 is 1.43 bits per heavy atom. The molecule has 0 spiro atoms. The van der Waals surface area contributed by atoms with Crippen LogP contribution < -0.4 is 4.74 Å². The van der Waals surface area contributed by atoms with Crippen LogP contribution in [0, 0.1) is 0 Å². The van der Waals surface area contributed by atoms with Crippen LogP contribution >= 0.6 is 0 Å². The first-order valence-electron chi connectivity index (χ1n) is 6.85. The molecule has 0 bridgehead atoms. The number of nitrogens with zero attached hydrogens (tertiary/aromatic N) is 1. The average molecular weight is 291 g/mol. The maximum Gasteiger partial charge on any atom is 0.329 e. The highest BCUT2D eigenvalue weighted by Gasteiger charge is 2.45. The fraction of sp³-hybridized carbons (Fsp3) is 0.467. The molecule has 112 valence electrons. The van der Waals surface area contributed by atoms with Crippen molar-refractivity contribution in [1.29, 1.82) is 0 Å². The SMILES string of the molecule is CC1(OCC(=O)O)CN(C(=O)C2COc3ccccc32)C1. The molecular weight excluding hydrogens is 274 g/mol. The van der Waals surface area contributed by atoms with E-state index < -0.39 is 11.6 Å². The maximum atomic E-state index is 12.5. The van der Waals surface area contributed by atoms with Crippen molar-refractivity contribution in [2.24, 2.45) is 0 Å². The number of ether oxygens (including phenoxy) is 2. The fourth-order valence-electron chi connectivity index (χ4n) is 2.83. The van der Waals surface area contributed by atoms with Gasteiger partial charge in [-0.2, -0.15) is 0 Å². The average Bonchev–Trinajstić information content (AvgIpc) is 2.85. The Bertz CT molecular complexity index is 579. The normalized spacial score (nSPS) is 22.1. The minimum absolute atomic E-state index is 0.0105. The molecule has 1 aromatic carbocycles. The molecule has 6 nitrogen and oxygen atoms in total. The van der Waals surface area contributed by atoms with Gasteiger partial charge in [-0.3, -0.25) is 4.79 Å². The number of likely N-dealkylation sites (tertiary alicyclic amines) is 1. The highest BCUT2D eigenvalue weighted by molar-refractivity contribution is 5.86. The zero-order chi connectivity index (χ0) is 15.0. The van der Waals surface area contributed by atoms with E-state index in [1.807, 2.05) is 31.2 Å². The molecule has 0 saturated carbocycles. The monoisotopic (exact) mass is 291 g/mol. The Hall–Kier alpha value is -2.08. The summed E-state index contributed by atoms with van der Waals surface area (Å²) >= 11 is 0. The van der Waals surface area contributed by atoms with Crippen LogP contribution in [-0.4, -0.2) is 53.8 Å². The van der Waals surface area contributed by atoms with Crippen LogP contribution in [-0.2, 0) is 14.3 Å². The lowest BCUT2D eigenvalue weighted by molar-refractivity contribution is -0.174. The summed E-state index contributed by atoms with van der Waals surface area (Å²) in [5.41, 5.74) is 0.357. The van der Waals surface area contributed by atoms with Crippen molar-refractivity contribution in [2.75, 3.05) is 26.3 Å². The van der Waals surface area contributed by atoms with Gasteiger partial charge < -0.3 is 19.5 Å². The van der Waals surface area contributed by atoms with Gasteiger partial charge in [0.25, 0.3) is 0 Å². The van der Waals surface area contributed by atoms with Gasteiger partial charge in [-0.05, 0) is 13.0 Å². The second-order valence-electron chi connectivity index (χ2n) is 5.73. The maximum absolute atomic E-state index is 12.5. The summed E-state index contributed by atoms with van der Waals surface area (Å²) in [4.78, 5) is 24.7. The van der Waals surface area contributed by atoms with Crippen LogP contribution in [0.5, 0.6) is 5.75 Å². The molecule has 1 saturated heterocycles. The van der Waals surface area contributed by atoms with Crippen LogP contribution in [0.15, 0.2) is 24.3 Å². The van der Waals surface area contributed by atoms with Crippen LogP contribution in [0.1, 0.15) is 18.4 Å². The highest BCUT2D eigenvalue weighted by Crippen LogP contribution is 2.36. The summed E-state index contributed by atoms with van der Waals surface area (Å²) in [6.45, 7) is 2.67. The summed E-state index contributed by atoms with van der Waals surface area (Å²) in [7, 11) is 0. The zero-order valence-electron chi connectivity index (χ0n) is 11.7. The van der Waals surface area contributed by atoms with Crippen LogP contribution in [0.3, 0.4) is 0 Å². The number of carboxylic acid groups (broad SMARTS) is 1. The summed E-state index contributed by atoms with van der Waals surface area (Å²) in [6.07, 6.45) is 0. The van der Waals surface area contributed by atoms with Crippen molar-refractivity contribution < 1.29 is 24.2 Å². The van der Waals surface area contributed by atoms with Crippen molar-refractivity contribution in [3.05, 3.63) is 29.8 Å². The van der Waals surface area contributed by atoms with Gasteiger partial charge in [-0.25, -0.2) is 4.79 Å². The Morgan fingerprint density at radius 2 is 2.14 bits per heavy atom. The van der Waals surface area contributed by atoms with Crippen molar-refractivity contribution in [3.8, 4) is 5.75 Å². The van der Waals surface area contributed by atoms with E-state index in [1.54, 1.807) is 4.90 Å². The quantitative estimate of drug-likeness (QED) is 0.890. The number of rotatable bonds is 4. The van der Waals surface area contributed by atoms with E-state index in [4.69, 9.17) is 14.6 Å². The topological polar surface area (TPSA) is 76.1 Å². The summed E-state index contributed by atoms with van der Waals surface area (Å²) in [5, 5.41) is 8.63. The van der Waals surface area contributed by atoms with E-state index in [9.17, 15) is 9.59 Å². The smallest absolute Gasteiger partial charge is 0.329 e. The van der Waals surface area contributed by atoms with Gasteiger partial charge >= 0.3 is 5.97 Å². The molecule has 1 atom stereocenters. The second kappa shape index (κ2) is 5.04. The highest BCUT2D eigenvalue weighted by atomic mass is 16.5. The number of carbonyl (C=O) groups is 2. The van der Waals surface area contributed by atoms with Gasteiger partial charge in [0, 0.05) is 5.56 Å². The Morgan fingerprint density at radius 3 is 2.86 bits per heavy atom. The standard InChI is InChI=1S/C15H17NO5/c1-15(21-7-13(17)18)8-16(9-15)14(19)11-6-20-12-5-3-2-4-10(11)12/h2-5,11H,6-9H2,1H3,(H,17,18). The summed E-state index contributed by atoms with van der Waals surface area (Å²) in [6, 6.07) is 7.54. The number of fused-ring (bicyclic) bond motifs is 1. The zero-order valence-corrected chi connectivity index (χ0v) is 11.7. The first kappa shape index (κ1) is 13.9. The van der Waals surface area contributed by atoms with E-state index in [0.717, 1.165) is 11.3 Å². The lowest BCUT2D eigenvalue weighted by Gasteiger charge is -2.47. The molecule has 21 heavy (non-hydrogen) atoms. The van der Waals surface area contributed by atoms with Gasteiger partial charge in [0.15, 0.2) is 0 Å². The third-order valence-electron chi connectivity index (χ3n) is 3.90. The number of carboxylic acids is 1. The molecule has 6 heteroatoms. The molecule has 2 aliphatic rings. The molecule has 1 amide bonds. The minimum Gasteiger partial charge on any atom is -0.492 e. The lowest BCUT2D eigenvalue weighted by atomic mass is 9.92. The molecule has 0 aliphatic carbocycles. The summed E-state index contributed by atoms with van der Waals surface area (Å²) < 4.78 is 10.8. The number of aliphatic carboxylic acids is 1. The first-order valence-corrected chi connectivity index (χ1v) is 6.85. The number of hydrogen-bond donors (Lipinski definition) is 1. The first-order chi connectivity index (χ1) is 9.98. The third-order valence-corrected chi connectivity index (χ3v) is 3.90. The predicted molar refractivity (Wildman–Crippen MR) is 73.3 cm³/mol. The van der Waals surface area contributed by atoms with E-state index in [0.29, 0.717) is 19.7 Å². The van der Waals surface area contributed by atoms with E-state index in [2.05, 4.69) is 0 Å². The molecule has 2 aliphatic heterocycles. The van der Waals surface area contributed by atoms with Gasteiger partial charge in [0.2, 0.25) is 5.91 Å². The summed E-state index contributed by atoms with van der Waals surface area (Å²) in [5.74, 6) is -0.498. The van der Waals surface area contributed by atoms with Crippen molar-refractivity contribution >= 4 is 11.9 Å². The predicted octanol–water partition coefficient (Wildman–Crippen LogP) is 0.865. The van der Waals surface area contributed by atoms with Gasteiger partial charge in [-0.1, -0.05) is 18.2 Å². The van der Waals surface area contributed by atoms with Crippen LogP contribution in [0.25, 0.3) is 0 Å². The minimum atomic E-state index is -1.00. The molecule has 1 fully saturated rings. The Labute approximate surface area is 122 Å². The Kier molecular flexibility index (Phi) is 3.33. The molecule has 3 rings (SSSR count). The van der Waals surface area contributed by atoms with E-state index in [-0.39, 0.29) is 18.4 Å². The Balaban J connectivity index is 1.61. The number of para-hydroxylation sites is 1. The molecule has 0 radical (unpaired) electrons. The third kappa shape index (κ3) is 2.58. The van der Waals surface area contributed by atoms with E-state index in [1.165, 1.54) is 0 Å². The second-order valence-corrected chi connectivity index (χ2v) is 5.73. The molecule has 1 unspecified atom stereocenters. The van der Waals surface area contributed by atoms with Crippen LogP contribution in [0.2, 0.25) is 0 Å². The molecule has 2 heterocycles. The molecule has 1 N–H and O–H groups in total. The fourth-order valence-corrected chi connectivity index (χ4v) is 2.83. The number of amides is 1. The lowest BCUT2D eigenvalue weighted by Crippen LogP contribution is -2.64.